The summed E-state index contributed by atoms with van der Waals surface area (Å²) in [7, 11) is 1.41. The molecule has 1 fully saturated rings. The minimum absolute atomic E-state index is 0.300. The molecular weight excluding hydrogens is 442 g/mol. The Labute approximate surface area is 205 Å². The van der Waals surface area contributed by atoms with E-state index in [1.54, 1.807) is 11.8 Å². The van der Waals surface area contributed by atoms with Crippen LogP contribution in [0.2, 0.25) is 0 Å². The van der Waals surface area contributed by atoms with Crippen molar-refractivity contribution in [2.24, 2.45) is 0 Å². The number of aromatic nitrogens is 2. The number of fused-ring (bicyclic) bond motifs is 3. The molecule has 1 amide bonds. The van der Waals surface area contributed by atoms with Gasteiger partial charge in [-0.2, -0.15) is 0 Å². The highest BCUT2D eigenvalue weighted by molar-refractivity contribution is 5.84. The molecule has 35 heavy (non-hydrogen) atoms. The number of methoxy groups -OCH3 is 1. The van der Waals surface area contributed by atoms with E-state index in [2.05, 4.69) is 16.7 Å². The van der Waals surface area contributed by atoms with Crippen molar-refractivity contribution in [1.29, 1.82) is 0 Å². The highest BCUT2D eigenvalue weighted by Gasteiger charge is 2.38. The zero-order valence-electron chi connectivity index (χ0n) is 20.5. The number of carbonyl (C=O) groups is 2. The van der Waals surface area contributed by atoms with Crippen LogP contribution in [-0.4, -0.2) is 45.3 Å². The van der Waals surface area contributed by atoms with Gasteiger partial charge >= 0.3 is 12.1 Å². The van der Waals surface area contributed by atoms with Gasteiger partial charge in [0.2, 0.25) is 0 Å². The van der Waals surface area contributed by atoms with Gasteiger partial charge in [0.25, 0.3) is 0 Å². The predicted molar refractivity (Wildman–Crippen MR) is 134 cm³/mol. The molecule has 1 aliphatic heterocycles. The van der Waals surface area contributed by atoms with Crippen LogP contribution in [0.25, 0.3) is 11.0 Å². The average Bonchev–Trinajstić information content (AvgIpc) is 3.27. The summed E-state index contributed by atoms with van der Waals surface area (Å²) < 4.78 is 7.13. The molecule has 1 aliphatic carbocycles. The number of benzene rings is 2. The highest BCUT2D eigenvalue weighted by Crippen LogP contribution is 2.38. The lowest BCUT2D eigenvalue weighted by atomic mass is 9.82. The Kier molecular flexibility index (Phi) is 6.26. The van der Waals surface area contributed by atoms with E-state index in [0.717, 1.165) is 60.1 Å². The maximum absolute atomic E-state index is 12.7. The SMILES string of the molecule is COC(=O)N1CCc2ccc3c(nc(C4CCCCC4)n3C[C@](C)(C(=O)O)c3ccccc3)c2C1. The summed E-state index contributed by atoms with van der Waals surface area (Å²) in [6, 6.07) is 13.7. The Morgan fingerprint density at radius 3 is 2.54 bits per heavy atom. The quantitative estimate of drug-likeness (QED) is 0.545. The number of hydrogen-bond donors (Lipinski definition) is 1. The third-order valence-electron chi connectivity index (χ3n) is 7.91. The maximum Gasteiger partial charge on any atom is 0.409 e. The molecule has 3 aromatic rings. The van der Waals surface area contributed by atoms with Crippen molar-refractivity contribution in [2.45, 2.75) is 69.9 Å². The van der Waals surface area contributed by atoms with Crippen LogP contribution >= 0.6 is 0 Å². The van der Waals surface area contributed by atoms with Crippen molar-refractivity contribution in [3.05, 3.63) is 65.0 Å². The summed E-state index contributed by atoms with van der Waals surface area (Å²) in [5.41, 5.74) is 3.75. The van der Waals surface area contributed by atoms with Crippen molar-refractivity contribution in [3.8, 4) is 0 Å². The molecule has 1 aromatic heterocycles. The molecule has 2 heterocycles. The maximum atomic E-state index is 12.7. The number of nitrogens with zero attached hydrogens (tertiary/aromatic N) is 3. The van der Waals surface area contributed by atoms with Gasteiger partial charge in [0, 0.05) is 24.6 Å². The second-order valence-corrected chi connectivity index (χ2v) is 10.1. The van der Waals surface area contributed by atoms with E-state index in [4.69, 9.17) is 9.72 Å². The number of imidazole rings is 1. The second-order valence-electron chi connectivity index (χ2n) is 10.1. The predicted octanol–water partition coefficient (Wildman–Crippen LogP) is 5.25. The van der Waals surface area contributed by atoms with E-state index < -0.39 is 11.4 Å². The van der Waals surface area contributed by atoms with Crippen LogP contribution in [0.4, 0.5) is 4.79 Å². The molecule has 7 heteroatoms. The van der Waals surface area contributed by atoms with Gasteiger partial charge in [-0.3, -0.25) is 4.79 Å². The van der Waals surface area contributed by atoms with E-state index in [0.29, 0.717) is 25.6 Å². The van der Waals surface area contributed by atoms with Crippen molar-refractivity contribution < 1.29 is 19.4 Å². The number of amides is 1. The lowest BCUT2D eigenvalue weighted by Crippen LogP contribution is -2.37. The van der Waals surface area contributed by atoms with Gasteiger partial charge in [-0.25, -0.2) is 9.78 Å². The fourth-order valence-electron chi connectivity index (χ4n) is 5.77. The largest absolute Gasteiger partial charge is 0.481 e. The number of ether oxygens (including phenoxy) is 1. The van der Waals surface area contributed by atoms with Gasteiger partial charge in [-0.05, 0) is 43.4 Å². The fourth-order valence-corrected chi connectivity index (χ4v) is 5.77. The molecule has 5 rings (SSSR count). The Bertz CT molecular complexity index is 1250. The van der Waals surface area contributed by atoms with E-state index in [1.165, 1.54) is 19.1 Å². The standard InChI is InChI=1S/C28H33N3O4/c1-28(26(32)33,21-11-7-4-8-12-21)18-31-23-14-13-19-15-16-30(27(34)35-2)17-22(19)24(23)29-25(31)20-9-5-3-6-10-20/h4,7-8,11-14,20H,3,5-6,9-10,15-18H2,1-2H3,(H,32,33)/t28-/m0/s1. The summed E-state index contributed by atoms with van der Waals surface area (Å²) in [6.07, 6.45) is 6.11. The Balaban J connectivity index is 1.66. The zero-order valence-corrected chi connectivity index (χ0v) is 20.5. The first kappa shape index (κ1) is 23.4. The second kappa shape index (κ2) is 9.36. The lowest BCUT2D eigenvalue weighted by Gasteiger charge is -2.29. The van der Waals surface area contributed by atoms with Crippen molar-refractivity contribution in [2.75, 3.05) is 13.7 Å². The zero-order chi connectivity index (χ0) is 24.6. The molecule has 7 nitrogen and oxygen atoms in total. The fraction of sp³-hybridized carbons (Fsp3) is 0.464. The van der Waals surface area contributed by atoms with Gasteiger partial charge in [-0.1, -0.05) is 55.7 Å². The van der Waals surface area contributed by atoms with Gasteiger partial charge in [0.15, 0.2) is 0 Å². The normalized spacial score (nSPS) is 18.2. The van der Waals surface area contributed by atoms with Crippen molar-refractivity contribution in [3.63, 3.8) is 0 Å². The molecule has 1 N–H and O–H groups in total. The van der Waals surface area contributed by atoms with Crippen LogP contribution < -0.4 is 0 Å². The molecular formula is C28H33N3O4. The van der Waals surface area contributed by atoms with Crippen LogP contribution in [0, 0.1) is 0 Å². The van der Waals surface area contributed by atoms with Crippen LogP contribution in [-0.2, 0) is 34.5 Å². The number of rotatable bonds is 5. The Morgan fingerprint density at radius 1 is 1.11 bits per heavy atom. The molecule has 1 saturated carbocycles. The number of carboxylic acids is 1. The molecule has 0 unspecified atom stereocenters. The van der Waals surface area contributed by atoms with E-state index in [-0.39, 0.29) is 6.09 Å². The molecule has 0 spiro atoms. The van der Waals surface area contributed by atoms with Crippen molar-refractivity contribution >= 4 is 23.1 Å². The number of carboxylic acid groups (broad SMARTS) is 1. The number of hydrogen-bond acceptors (Lipinski definition) is 4. The topological polar surface area (TPSA) is 84.7 Å². The lowest BCUT2D eigenvalue weighted by molar-refractivity contribution is -0.143. The first-order valence-corrected chi connectivity index (χ1v) is 12.5. The summed E-state index contributed by atoms with van der Waals surface area (Å²) in [5.74, 6) is 0.433. The molecule has 0 saturated heterocycles. The van der Waals surface area contributed by atoms with E-state index in [1.807, 2.05) is 30.3 Å². The van der Waals surface area contributed by atoms with Crippen molar-refractivity contribution in [1.82, 2.24) is 14.5 Å². The first-order chi connectivity index (χ1) is 16.9. The monoisotopic (exact) mass is 475 g/mol. The molecule has 0 radical (unpaired) electrons. The Hall–Kier alpha value is -3.35. The summed E-state index contributed by atoms with van der Waals surface area (Å²) >= 11 is 0. The minimum atomic E-state index is -1.10. The highest BCUT2D eigenvalue weighted by atomic mass is 16.5. The number of aliphatic carboxylic acids is 1. The van der Waals surface area contributed by atoms with Crippen LogP contribution in [0.15, 0.2) is 42.5 Å². The van der Waals surface area contributed by atoms with Crippen LogP contribution in [0.3, 0.4) is 0 Å². The van der Waals surface area contributed by atoms with E-state index >= 15 is 0 Å². The van der Waals surface area contributed by atoms with Gasteiger partial charge in [0.05, 0.1) is 24.7 Å². The summed E-state index contributed by atoms with van der Waals surface area (Å²) in [4.78, 5) is 31.8. The molecule has 2 aromatic carbocycles. The smallest absolute Gasteiger partial charge is 0.409 e. The van der Waals surface area contributed by atoms with Gasteiger partial charge in [-0.15, -0.1) is 0 Å². The summed E-state index contributed by atoms with van der Waals surface area (Å²) in [6.45, 7) is 3.18. The molecule has 1 atom stereocenters. The molecule has 184 valence electrons. The Morgan fingerprint density at radius 2 is 1.86 bits per heavy atom. The first-order valence-electron chi connectivity index (χ1n) is 12.5. The molecule has 0 bridgehead atoms. The van der Waals surface area contributed by atoms with Gasteiger partial charge in [0.1, 0.15) is 11.2 Å². The van der Waals surface area contributed by atoms with Crippen LogP contribution in [0.5, 0.6) is 0 Å². The van der Waals surface area contributed by atoms with Crippen LogP contribution in [0.1, 0.15) is 67.5 Å². The third kappa shape index (κ3) is 4.17. The van der Waals surface area contributed by atoms with E-state index in [9.17, 15) is 14.7 Å². The minimum Gasteiger partial charge on any atom is -0.481 e. The molecule has 2 aliphatic rings. The average molecular weight is 476 g/mol. The number of carbonyl (C=O) groups excluding carboxylic acids is 1. The van der Waals surface area contributed by atoms with Gasteiger partial charge < -0.3 is 19.3 Å². The third-order valence-corrected chi connectivity index (χ3v) is 7.91. The summed E-state index contributed by atoms with van der Waals surface area (Å²) in [5, 5.41) is 10.4.